The molecule has 3 aromatic rings. The van der Waals surface area contributed by atoms with Gasteiger partial charge in [-0.1, -0.05) is 0 Å². The summed E-state index contributed by atoms with van der Waals surface area (Å²) >= 11 is 0. The number of H-pyrrole nitrogens is 2. The molecule has 0 bridgehead atoms. The highest BCUT2D eigenvalue weighted by Crippen LogP contribution is 2.22. The number of nitrogens with one attached hydrogen (secondary N) is 2. The summed E-state index contributed by atoms with van der Waals surface area (Å²) in [6.45, 7) is 0. The summed E-state index contributed by atoms with van der Waals surface area (Å²) in [6.07, 6.45) is 2.55. The second-order valence-electron chi connectivity index (χ2n) is 5.36. The van der Waals surface area contributed by atoms with Crippen molar-refractivity contribution in [3.05, 3.63) is 58.6 Å². The van der Waals surface area contributed by atoms with Crippen LogP contribution in [0.5, 0.6) is 5.88 Å². The van der Waals surface area contributed by atoms with Crippen LogP contribution in [-0.2, 0) is 10.0 Å². The van der Waals surface area contributed by atoms with Crippen molar-refractivity contribution < 1.29 is 13.5 Å². The molecule has 130 valence electrons. The Balaban J connectivity index is 2.27. The summed E-state index contributed by atoms with van der Waals surface area (Å²) in [5, 5.41) is 9.77. The molecule has 5 N–H and O–H groups in total. The zero-order valence-electron chi connectivity index (χ0n) is 13.1. The Bertz CT molecular complexity index is 1150. The number of hydrogen-bond acceptors (Lipinski definition) is 5. The summed E-state index contributed by atoms with van der Waals surface area (Å²) in [5.41, 5.74) is 6.94. The van der Waals surface area contributed by atoms with Crippen molar-refractivity contribution in [2.24, 2.45) is 4.40 Å². The van der Waals surface area contributed by atoms with Crippen LogP contribution in [0.2, 0.25) is 0 Å². The molecular formula is C15H15N5O4S. The molecular weight excluding hydrogens is 346 g/mol. The summed E-state index contributed by atoms with van der Waals surface area (Å²) in [4.78, 5) is 16.0. The van der Waals surface area contributed by atoms with Crippen LogP contribution < -0.4 is 16.9 Å². The van der Waals surface area contributed by atoms with Crippen molar-refractivity contribution in [1.29, 1.82) is 0 Å². The molecule has 25 heavy (non-hydrogen) atoms. The monoisotopic (exact) mass is 361 g/mol. The Hall–Kier alpha value is -3.27. The van der Waals surface area contributed by atoms with Crippen molar-refractivity contribution in [3.8, 4) is 22.8 Å². The number of nitrogens with zero attached hydrogens (tertiary/aromatic N) is 2. The minimum absolute atomic E-state index is 0.103. The minimum atomic E-state index is -3.68. The van der Waals surface area contributed by atoms with Crippen LogP contribution in [0.15, 0.2) is 51.8 Å². The predicted octanol–water partition coefficient (Wildman–Crippen LogP) is 0.309. The van der Waals surface area contributed by atoms with Gasteiger partial charge in [0.2, 0.25) is 5.88 Å². The molecule has 10 heteroatoms. The van der Waals surface area contributed by atoms with E-state index in [1.165, 1.54) is 6.07 Å². The lowest BCUT2D eigenvalue weighted by Gasteiger charge is -2.09. The van der Waals surface area contributed by atoms with Gasteiger partial charge in [0.1, 0.15) is 5.69 Å². The van der Waals surface area contributed by atoms with E-state index in [2.05, 4.69) is 14.4 Å². The average Bonchev–Trinajstić information content (AvgIpc) is 2.85. The number of rotatable bonds is 3. The van der Waals surface area contributed by atoms with E-state index in [1.54, 1.807) is 41.1 Å². The molecule has 0 aliphatic heterocycles. The predicted molar refractivity (Wildman–Crippen MR) is 92.7 cm³/mol. The van der Waals surface area contributed by atoms with Gasteiger partial charge in [0.05, 0.1) is 6.26 Å². The Morgan fingerprint density at radius 2 is 1.84 bits per heavy atom. The third-order valence-electron chi connectivity index (χ3n) is 3.36. The molecule has 0 saturated heterocycles. The summed E-state index contributed by atoms with van der Waals surface area (Å²) in [5.74, 6) is -0.347. The maximum absolute atomic E-state index is 11.6. The van der Waals surface area contributed by atoms with Gasteiger partial charge in [-0.2, -0.15) is 0 Å². The van der Waals surface area contributed by atoms with Gasteiger partial charge in [-0.05, 0) is 36.4 Å². The second kappa shape index (κ2) is 5.98. The van der Waals surface area contributed by atoms with E-state index in [4.69, 9.17) is 5.73 Å². The Morgan fingerprint density at radius 1 is 1.16 bits per heavy atom. The highest BCUT2D eigenvalue weighted by Gasteiger charge is 2.11. The molecule has 2 aromatic heterocycles. The van der Waals surface area contributed by atoms with Crippen LogP contribution in [0.4, 0.5) is 5.69 Å². The Labute approximate surface area is 142 Å². The van der Waals surface area contributed by atoms with E-state index in [9.17, 15) is 18.3 Å². The number of nitrogens with two attached hydrogens (primary N) is 1. The normalized spacial score (nSPS) is 12.4. The number of aromatic nitrogens is 3. The van der Waals surface area contributed by atoms with Gasteiger partial charge in [-0.15, -0.1) is 4.40 Å². The lowest BCUT2D eigenvalue weighted by atomic mass is 10.2. The molecule has 0 amide bonds. The summed E-state index contributed by atoms with van der Waals surface area (Å²) in [7, 11) is -3.68. The largest absolute Gasteiger partial charge is 0.493 e. The van der Waals surface area contributed by atoms with Gasteiger partial charge in [0.15, 0.2) is 5.49 Å². The molecule has 0 atom stereocenters. The van der Waals surface area contributed by atoms with Crippen LogP contribution in [0, 0.1) is 0 Å². The van der Waals surface area contributed by atoms with Crippen LogP contribution in [0.1, 0.15) is 0 Å². The molecule has 0 fully saturated rings. The van der Waals surface area contributed by atoms with E-state index in [1.807, 2.05) is 0 Å². The van der Waals surface area contributed by atoms with Gasteiger partial charge in [0.25, 0.3) is 10.0 Å². The maximum Gasteiger partial charge on any atom is 0.326 e. The van der Waals surface area contributed by atoms with Gasteiger partial charge in [-0.3, -0.25) is 4.98 Å². The lowest BCUT2D eigenvalue weighted by molar-refractivity contribution is 0.457. The van der Waals surface area contributed by atoms with E-state index in [0.717, 1.165) is 6.26 Å². The van der Waals surface area contributed by atoms with Crippen molar-refractivity contribution >= 4 is 15.7 Å². The Morgan fingerprint density at radius 3 is 2.40 bits per heavy atom. The van der Waals surface area contributed by atoms with Crippen LogP contribution in [-0.4, -0.2) is 34.3 Å². The molecule has 0 saturated carbocycles. The number of sulfonamides is 1. The number of aromatic amines is 2. The fraction of sp³-hybridized carbons (Fsp3) is 0.0667. The zero-order chi connectivity index (χ0) is 18.2. The average molecular weight is 361 g/mol. The van der Waals surface area contributed by atoms with Crippen molar-refractivity contribution in [1.82, 2.24) is 14.5 Å². The van der Waals surface area contributed by atoms with Gasteiger partial charge in [0, 0.05) is 23.1 Å². The fourth-order valence-corrected chi connectivity index (χ4v) is 2.80. The molecule has 3 rings (SSSR count). The fourth-order valence-electron chi connectivity index (χ4n) is 2.32. The molecule has 9 nitrogen and oxygen atoms in total. The number of aromatic hydroxyl groups is 1. The maximum atomic E-state index is 11.6. The van der Waals surface area contributed by atoms with E-state index in [-0.39, 0.29) is 17.1 Å². The quantitative estimate of drug-likeness (QED) is 0.496. The van der Waals surface area contributed by atoms with Crippen molar-refractivity contribution in [3.63, 3.8) is 0 Å². The molecule has 0 aliphatic rings. The summed E-state index contributed by atoms with van der Waals surface area (Å²) in [6, 6.07) is 9.83. The molecule has 0 spiro atoms. The van der Waals surface area contributed by atoms with E-state index in [0.29, 0.717) is 16.9 Å². The first-order chi connectivity index (χ1) is 11.7. The van der Waals surface area contributed by atoms with Crippen molar-refractivity contribution in [2.75, 3.05) is 12.0 Å². The first-order valence-electron chi connectivity index (χ1n) is 7.09. The zero-order valence-corrected chi connectivity index (χ0v) is 13.9. The lowest BCUT2D eigenvalue weighted by Crippen LogP contribution is -2.20. The molecule has 0 aliphatic carbocycles. The standard InChI is InChI=1S/C15H15N5O4S/c1-25(23,24)19-12-8-9(13-14(21)18-15(22)17-13)6-7-20(12)11-4-2-10(16)3-5-11/h2-8,21H,16H2,1H3,(H2,17,18,22)/b19-12+. The Kier molecular flexibility index (Phi) is 3.97. The minimum Gasteiger partial charge on any atom is -0.493 e. The third-order valence-corrected chi connectivity index (χ3v) is 3.88. The number of nitrogen functional groups attached to an aromatic ring is 1. The topological polar surface area (TPSA) is 146 Å². The molecule has 0 unspecified atom stereocenters. The van der Waals surface area contributed by atoms with Crippen LogP contribution >= 0.6 is 0 Å². The number of pyridine rings is 1. The van der Waals surface area contributed by atoms with Gasteiger partial charge in [-0.25, -0.2) is 13.2 Å². The molecule has 1 aromatic carbocycles. The number of anilines is 1. The van der Waals surface area contributed by atoms with E-state index >= 15 is 0 Å². The first kappa shape index (κ1) is 16.6. The highest BCUT2D eigenvalue weighted by atomic mass is 32.2. The number of hydrogen-bond donors (Lipinski definition) is 4. The summed E-state index contributed by atoms with van der Waals surface area (Å²) < 4.78 is 28.6. The number of imidazole rings is 1. The third kappa shape index (κ3) is 3.63. The van der Waals surface area contributed by atoms with Crippen molar-refractivity contribution in [2.45, 2.75) is 0 Å². The van der Waals surface area contributed by atoms with Gasteiger partial charge < -0.3 is 20.4 Å². The SMILES string of the molecule is CS(=O)(=O)/N=c1\cc(-c2[nH]c(=O)[nH]c2O)ccn1-c1ccc(N)cc1. The molecule has 0 radical (unpaired) electrons. The first-order valence-corrected chi connectivity index (χ1v) is 8.94. The van der Waals surface area contributed by atoms with E-state index < -0.39 is 15.7 Å². The van der Waals surface area contributed by atoms with Gasteiger partial charge >= 0.3 is 5.69 Å². The van der Waals surface area contributed by atoms with Crippen LogP contribution in [0.3, 0.4) is 0 Å². The molecule has 2 heterocycles. The van der Waals surface area contributed by atoms with Crippen LogP contribution in [0.25, 0.3) is 16.9 Å². The second-order valence-corrected chi connectivity index (χ2v) is 7.01. The highest BCUT2D eigenvalue weighted by molar-refractivity contribution is 7.89. The number of benzene rings is 1. The smallest absolute Gasteiger partial charge is 0.326 e.